The first-order valence-corrected chi connectivity index (χ1v) is 21.8. The van der Waals surface area contributed by atoms with E-state index in [4.69, 9.17) is 23.7 Å². The largest absolute Gasteiger partial charge is 0.378 e. The normalized spacial score (nSPS) is 12.2. The molecule has 0 aliphatic rings. The van der Waals surface area contributed by atoms with Gasteiger partial charge in [0.1, 0.15) is 31.5 Å². The highest BCUT2D eigenvalue weighted by atomic mass is 32.2. The van der Waals surface area contributed by atoms with E-state index in [1.165, 1.54) is 52.5 Å². The van der Waals surface area contributed by atoms with Gasteiger partial charge in [0.2, 0.25) is 0 Å². The van der Waals surface area contributed by atoms with Gasteiger partial charge in [0.05, 0.1) is 27.8 Å². The molecule has 0 fully saturated rings. The van der Waals surface area contributed by atoms with Crippen molar-refractivity contribution >= 4 is 86.4 Å². The van der Waals surface area contributed by atoms with Crippen LogP contribution in [-0.4, -0.2) is 42.1 Å². The second kappa shape index (κ2) is 14.8. The lowest BCUT2D eigenvalue weighted by atomic mass is 10.1. The van der Waals surface area contributed by atoms with E-state index in [1.807, 2.05) is 56.3 Å². The van der Waals surface area contributed by atoms with Crippen molar-refractivity contribution < 1.29 is 39.8 Å². The van der Waals surface area contributed by atoms with Crippen LogP contribution in [-0.2, 0) is 29.6 Å². The molecule has 9 rings (SSSR count). The lowest BCUT2D eigenvalue weighted by molar-refractivity contribution is -0.432. The van der Waals surface area contributed by atoms with E-state index in [2.05, 4.69) is 14.5 Å². The minimum atomic E-state index is -4.47. The molecule has 0 unspecified atom stereocenters. The molecule has 2 aromatic heterocycles. The van der Waals surface area contributed by atoms with Crippen molar-refractivity contribution in [1.29, 1.82) is 0 Å². The predicted molar refractivity (Wildman–Crippen MR) is 221 cm³/mol. The summed E-state index contributed by atoms with van der Waals surface area (Å²) in [5.74, 6) is -0.387. The third-order valence-corrected chi connectivity index (χ3v) is 13.5. The first-order valence-electron chi connectivity index (χ1n) is 17.4. The smallest absolute Gasteiger partial charge is 0.339 e. The zero-order valence-electron chi connectivity index (χ0n) is 30.3. The fourth-order valence-electron chi connectivity index (χ4n) is 6.42. The zero-order valence-corrected chi connectivity index (χ0v) is 33.5. The molecule has 1 N–H and O–H groups in total. The molecule has 0 spiro atoms. The Hall–Kier alpha value is -5.92. The highest BCUT2D eigenvalue weighted by molar-refractivity contribution is 7.94. The minimum Gasteiger partial charge on any atom is -0.378 e. The maximum absolute atomic E-state index is 14.0. The molecular formula is C41H28N4O9S4. The Morgan fingerprint density at radius 3 is 2.02 bits per heavy atom. The second-order valence-corrected chi connectivity index (χ2v) is 18.1. The van der Waals surface area contributed by atoms with Crippen LogP contribution >= 0.6 is 23.4 Å². The van der Waals surface area contributed by atoms with E-state index >= 15 is 0 Å². The Morgan fingerprint density at radius 2 is 1.31 bits per heavy atom. The van der Waals surface area contributed by atoms with Crippen LogP contribution in [0.3, 0.4) is 0 Å². The Bertz CT molecular complexity index is 3280. The van der Waals surface area contributed by atoms with Gasteiger partial charge >= 0.3 is 20.2 Å². The van der Waals surface area contributed by atoms with Crippen molar-refractivity contribution in [3.05, 3.63) is 139 Å². The van der Waals surface area contributed by atoms with Crippen molar-refractivity contribution in [3.8, 4) is 27.8 Å². The monoisotopic (exact) mass is 848 g/mol. The number of hydrogen-bond acceptors (Lipinski definition) is 14. The Kier molecular flexibility index (Phi) is 9.60. The molecule has 0 aliphatic heterocycles. The van der Waals surface area contributed by atoms with Gasteiger partial charge in [0.25, 0.3) is 0 Å². The van der Waals surface area contributed by atoms with E-state index in [0.717, 1.165) is 44.0 Å². The maximum Gasteiger partial charge on any atom is 0.339 e. The molecule has 17 heteroatoms. The van der Waals surface area contributed by atoms with Gasteiger partial charge in [-0.25, -0.2) is 10.2 Å². The number of fused-ring (bicyclic) bond motifs is 6. The van der Waals surface area contributed by atoms with Crippen molar-refractivity contribution in [3.63, 3.8) is 0 Å². The average Bonchev–Trinajstić information content (AvgIpc) is 3.86. The summed E-state index contributed by atoms with van der Waals surface area (Å²) >= 11 is 2.09. The summed E-state index contributed by atoms with van der Waals surface area (Å²) in [5, 5.41) is 25.5. The minimum absolute atomic E-state index is 0.0369. The first-order chi connectivity index (χ1) is 28.0. The number of rotatable bonds is 11. The maximum atomic E-state index is 14.0. The van der Waals surface area contributed by atoms with Crippen LogP contribution in [0.2, 0.25) is 0 Å². The second-order valence-electron chi connectivity index (χ2n) is 13.2. The average molecular weight is 849 g/mol. The number of benzene rings is 7. The quantitative estimate of drug-likeness (QED) is 0.0566. The van der Waals surface area contributed by atoms with Crippen molar-refractivity contribution in [2.24, 2.45) is 0 Å². The van der Waals surface area contributed by atoms with Gasteiger partial charge in [-0.1, -0.05) is 82.9 Å². The van der Waals surface area contributed by atoms with Crippen LogP contribution < -0.4 is 8.37 Å². The van der Waals surface area contributed by atoms with Crippen LogP contribution in [0.15, 0.2) is 142 Å². The van der Waals surface area contributed by atoms with Gasteiger partial charge in [0.15, 0.2) is 11.5 Å². The third-order valence-electron chi connectivity index (χ3n) is 9.30. The van der Waals surface area contributed by atoms with E-state index in [-0.39, 0.29) is 32.5 Å². The van der Waals surface area contributed by atoms with Crippen molar-refractivity contribution in [1.82, 2.24) is 20.0 Å². The summed E-state index contributed by atoms with van der Waals surface area (Å²) in [7, 11) is -8.93. The van der Waals surface area contributed by atoms with Gasteiger partial charge in [-0.05, 0) is 79.2 Å². The lowest BCUT2D eigenvalue weighted by Crippen LogP contribution is -2.14. The molecule has 7 aromatic carbocycles. The molecule has 0 amide bonds. The number of hydrogen-bond donors (Lipinski definition) is 1. The standard InChI is InChI=1S/C41H28N4O9S4/c1-24-7-14-29(15-8-24)57(47,48)51-37-23-36(45-43-34-19-12-27-21-28(56-54-53-46)13-18-31(27)39(34)44-45)38(52-58(49,50)30-16-9-25(2)10-17-30)22-33(37)41-42-35-20-11-26-5-3-4-6-32(26)40(35)55-41/h3-23,46H,1-2H3. The molecule has 0 saturated carbocycles. The number of aromatic nitrogens is 4. The van der Waals surface area contributed by atoms with E-state index in [0.29, 0.717) is 31.8 Å². The summed E-state index contributed by atoms with van der Waals surface area (Å²) in [4.78, 5) is 6.49. The van der Waals surface area contributed by atoms with Gasteiger partial charge < -0.3 is 8.37 Å². The van der Waals surface area contributed by atoms with E-state index in [9.17, 15) is 16.8 Å². The molecule has 9 aromatic rings. The lowest BCUT2D eigenvalue weighted by Gasteiger charge is -2.16. The fourth-order valence-corrected chi connectivity index (χ4v) is 9.82. The summed E-state index contributed by atoms with van der Waals surface area (Å²) in [6.45, 7) is 3.67. The number of thiazole rings is 1. The topological polar surface area (TPSA) is 169 Å². The fraction of sp³-hybridized carbons (Fsp3) is 0.0488. The number of nitrogens with zero attached hydrogens (tertiary/aromatic N) is 4. The molecule has 0 atom stereocenters. The molecule has 0 aliphatic carbocycles. The molecule has 0 bridgehead atoms. The van der Waals surface area contributed by atoms with Crippen LogP contribution in [0, 0.1) is 13.8 Å². The van der Waals surface area contributed by atoms with Crippen LogP contribution in [0.25, 0.3) is 59.1 Å². The molecule has 2 heterocycles. The Balaban J connectivity index is 1.28. The molecular weight excluding hydrogens is 821 g/mol. The molecule has 290 valence electrons. The molecule has 0 saturated heterocycles. The van der Waals surface area contributed by atoms with E-state index in [1.54, 1.807) is 48.5 Å². The summed E-state index contributed by atoms with van der Waals surface area (Å²) in [6.07, 6.45) is 0. The Morgan fingerprint density at radius 1 is 0.655 bits per heavy atom. The van der Waals surface area contributed by atoms with Crippen LogP contribution in [0.5, 0.6) is 11.5 Å². The van der Waals surface area contributed by atoms with Gasteiger partial charge in [-0.15, -0.1) is 30.7 Å². The van der Waals surface area contributed by atoms with Crippen LogP contribution in [0.4, 0.5) is 0 Å². The first kappa shape index (κ1) is 37.6. The highest BCUT2D eigenvalue weighted by Crippen LogP contribution is 2.44. The summed E-state index contributed by atoms with van der Waals surface area (Å²) in [5.41, 5.74) is 3.34. The SMILES string of the molecule is Cc1ccc(S(=O)(=O)Oc2cc(-n3nc4ccc5cc(SOOO)ccc5c4n3)c(OS(=O)(=O)c3ccc(C)cc3)cc2-c2nc3ccc4ccccc4c3s2)cc1. The summed E-state index contributed by atoms with van der Waals surface area (Å²) < 4.78 is 73.2. The van der Waals surface area contributed by atoms with E-state index < -0.39 is 20.2 Å². The van der Waals surface area contributed by atoms with Crippen molar-refractivity contribution in [2.45, 2.75) is 28.5 Å². The number of aryl methyl sites for hydroxylation is 2. The Labute approximate surface area is 339 Å². The van der Waals surface area contributed by atoms with Crippen molar-refractivity contribution in [2.75, 3.05) is 0 Å². The molecule has 0 radical (unpaired) electrons. The third kappa shape index (κ3) is 7.13. The van der Waals surface area contributed by atoms with Gasteiger partial charge in [-0.3, -0.25) is 0 Å². The highest BCUT2D eigenvalue weighted by Gasteiger charge is 2.28. The zero-order chi connectivity index (χ0) is 40.2. The van der Waals surface area contributed by atoms with Crippen LogP contribution in [0.1, 0.15) is 11.1 Å². The molecule has 58 heavy (non-hydrogen) atoms. The van der Waals surface area contributed by atoms with Gasteiger partial charge in [0, 0.05) is 21.7 Å². The predicted octanol–water partition coefficient (Wildman–Crippen LogP) is 9.58. The van der Waals surface area contributed by atoms with Gasteiger partial charge in [-0.2, -0.15) is 16.8 Å². The summed E-state index contributed by atoms with van der Waals surface area (Å²) in [6, 6.07) is 35.6. The molecule has 13 nitrogen and oxygen atoms in total.